The van der Waals surface area contributed by atoms with E-state index in [1.165, 1.54) is 5.56 Å². The first-order valence-electron chi connectivity index (χ1n) is 6.83. The molecule has 2 aromatic rings. The van der Waals surface area contributed by atoms with Crippen LogP contribution in [0.3, 0.4) is 0 Å². The first-order valence-corrected chi connectivity index (χ1v) is 8.00. The van der Waals surface area contributed by atoms with Crippen LogP contribution in [0, 0.1) is 13.8 Å². The summed E-state index contributed by atoms with van der Waals surface area (Å²) in [5.74, 6) is 1.59. The molecule has 0 radical (unpaired) electrons. The van der Waals surface area contributed by atoms with E-state index in [1.807, 2.05) is 39.1 Å². The molecule has 2 aromatic carbocycles. The van der Waals surface area contributed by atoms with Crippen molar-refractivity contribution < 1.29 is 4.74 Å². The van der Waals surface area contributed by atoms with E-state index in [2.05, 4.69) is 40.3 Å². The van der Waals surface area contributed by atoms with Crippen LogP contribution in [-0.4, -0.2) is 7.05 Å². The molecule has 0 amide bonds. The van der Waals surface area contributed by atoms with Crippen LogP contribution >= 0.6 is 27.5 Å². The molecule has 0 spiro atoms. The van der Waals surface area contributed by atoms with E-state index in [0.29, 0.717) is 6.04 Å². The number of hydrogen-bond donors (Lipinski definition) is 1. The van der Waals surface area contributed by atoms with Gasteiger partial charge in [0.15, 0.2) is 0 Å². The second-order valence-electron chi connectivity index (χ2n) is 5.17. The molecule has 2 rings (SSSR count). The van der Waals surface area contributed by atoms with Crippen molar-refractivity contribution in [1.82, 2.24) is 5.32 Å². The average Bonchev–Trinajstić information content (AvgIpc) is 2.46. The maximum absolute atomic E-state index is 6.18. The molecule has 0 bridgehead atoms. The van der Waals surface area contributed by atoms with E-state index in [-0.39, 0.29) is 0 Å². The van der Waals surface area contributed by atoms with Crippen molar-refractivity contribution in [2.75, 3.05) is 7.05 Å². The van der Waals surface area contributed by atoms with Crippen molar-refractivity contribution in [3.8, 4) is 11.5 Å². The molecule has 2 nitrogen and oxygen atoms in total. The molecule has 0 aliphatic carbocycles. The molecule has 21 heavy (non-hydrogen) atoms. The third-order valence-corrected chi connectivity index (χ3v) is 4.74. The largest absolute Gasteiger partial charge is 0.456 e. The lowest BCUT2D eigenvalue weighted by Crippen LogP contribution is -2.12. The van der Waals surface area contributed by atoms with Crippen LogP contribution in [0.5, 0.6) is 11.5 Å². The topological polar surface area (TPSA) is 21.3 Å². The van der Waals surface area contributed by atoms with Crippen LogP contribution in [0.2, 0.25) is 5.02 Å². The van der Waals surface area contributed by atoms with Crippen molar-refractivity contribution in [2.45, 2.75) is 26.8 Å². The highest BCUT2D eigenvalue weighted by molar-refractivity contribution is 9.10. The Bertz CT molecular complexity index is 634. The van der Waals surface area contributed by atoms with Crippen molar-refractivity contribution in [2.24, 2.45) is 0 Å². The van der Waals surface area contributed by atoms with E-state index >= 15 is 0 Å². The smallest absolute Gasteiger partial charge is 0.141 e. The summed E-state index contributed by atoms with van der Waals surface area (Å²) in [4.78, 5) is 0. The molecule has 0 heterocycles. The van der Waals surface area contributed by atoms with Gasteiger partial charge in [0, 0.05) is 11.1 Å². The van der Waals surface area contributed by atoms with Gasteiger partial charge in [0.25, 0.3) is 0 Å². The monoisotopic (exact) mass is 367 g/mol. The Morgan fingerprint density at radius 1 is 1.14 bits per heavy atom. The minimum Gasteiger partial charge on any atom is -0.456 e. The first-order chi connectivity index (χ1) is 9.92. The molecule has 1 N–H and O–H groups in total. The van der Waals surface area contributed by atoms with Crippen LogP contribution in [0.1, 0.15) is 29.7 Å². The van der Waals surface area contributed by atoms with Gasteiger partial charge in [-0.2, -0.15) is 0 Å². The minimum absolute atomic E-state index is 0.301. The van der Waals surface area contributed by atoms with E-state index in [9.17, 15) is 0 Å². The average molecular weight is 369 g/mol. The van der Waals surface area contributed by atoms with Gasteiger partial charge in [-0.3, -0.25) is 0 Å². The zero-order valence-electron chi connectivity index (χ0n) is 12.6. The van der Waals surface area contributed by atoms with Gasteiger partial charge >= 0.3 is 0 Å². The fourth-order valence-electron chi connectivity index (χ4n) is 2.13. The highest BCUT2D eigenvalue weighted by atomic mass is 79.9. The van der Waals surface area contributed by atoms with Crippen molar-refractivity contribution in [3.05, 3.63) is 56.5 Å². The Balaban J connectivity index is 2.28. The Hall–Kier alpha value is -1.03. The predicted molar refractivity (Wildman–Crippen MR) is 92.6 cm³/mol. The lowest BCUT2D eigenvalue weighted by molar-refractivity contribution is 0.478. The van der Waals surface area contributed by atoms with Gasteiger partial charge in [0.05, 0.1) is 4.47 Å². The van der Waals surface area contributed by atoms with Crippen molar-refractivity contribution in [1.29, 1.82) is 0 Å². The van der Waals surface area contributed by atoms with Crippen LogP contribution in [0.25, 0.3) is 0 Å². The molecule has 0 aromatic heterocycles. The van der Waals surface area contributed by atoms with Crippen molar-refractivity contribution in [3.63, 3.8) is 0 Å². The molecule has 0 saturated heterocycles. The van der Waals surface area contributed by atoms with Gasteiger partial charge in [-0.25, -0.2) is 0 Å². The third-order valence-electron chi connectivity index (χ3n) is 3.53. The van der Waals surface area contributed by atoms with Gasteiger partial charge in [-0.05, 0) is 84.7 Å². The van der Waals surface area contributed by atoms with E-state index in [4.69, 9.17) is 16.3 Å². The van der Waals surface area contributed by atoms with E-state index in [1.54, 1.807) is 0 Å². The normalized spacial score (nSPS) is 12.3. The molecule has 4 heteroatoms. The van der Waals surface area contributed by atoms with Crippen molar-refractivity contribution >= 4 is 27.5 Å². The maximum atomic E-state index is 6.18. The Morgan fingerprint density at radius 2 is 1.76 bits per heavy atom. The number of hydrogen-bond acceptors (Lipinski definition) is 2. The van der Waals surface area contributed by atoms with Crippen LogP contribution in [0.4, 0.5) is 0 Å². The molecule has 0 aliphatic heterocycles. The quantitative estimate of drug-likeness (QED) is 0.737. The molecule has 1 atom stereocenters. The predicted octanol–water partition coefficient (Wildman–Crippen LogP) is 5.79. The summed E-state index contributed by atoms with van der Waals surface area (Å²) in [5, 5.41) is 4.01. The van der Waals surface area contributed by atoms with E-state index in [0.717, 1.165) is 32.1 Å². The van der Waals surface area contributed by atoms with Crippen LogP contribution in [0.15, 0.2) is 34.8 Å². The van der Waals surface area contributed by atoms with E-state index < -0.39 is 0 Å². The number of aryl methyl sites for hydroxylation is 2. The molecular formula is C17H19BrClNO. The van der Waals surface area contributed by atoms with Gasteiger partial charge in [0.1, 0.15) is 11.5 Å². The number of ether oxygens (including phenoxy) is 1. The summed E-state index contributed by atoms with van der Waals surface area (Å²) >= 11 is 9.76. The van der Waals surface area contributed by atoms with Gasteiger partial charge in [0.2, 0.25) is 0 Å². The van der Waals surface area contributed by atoms with Gasteiger partial charge in [-0.15, -0.1) is 0 Å². The summed E-state index contributed by atoms with van der Waals surface area (Å²) in [7, 11) is 1.95. The van der Waals surface area contributed by atoms with Crippen LogP contribution < -0.4 is 10.1 Å². The third kappa shape index (κ3) is 3.79. The molecule has 112 valence electrons. The molecule has 0 aliphatic rings. The van der Waals surface area contributed by atoms with Gasteiger partial charge in [-0.1, -0.05) is 17.7 Å². The number of rotatable bonds is 4. The summed E-state index contributed by atoms with van der Waals surface area (Å²) in [6, 6.07) is 10.3. The lowest BCUT2D eigenvalue weighted by atomic mass is 10.1. The molecule has 0 fully saturated rings. The summed E-state index contributed by atoms with van der Waals surface area (Å²) < 4.78 is 6.91. The summed E-state index contributed by atoms with van der Waals surface area (Å²) in [5.41, 5.74) is 3.24. The summed E-state index contributed by atoms with van der Waals surface area (Å²) in [6.07, 6.45) is 0. The Kier molecular flexibility index (Phi) is 5.31. The fraction of sp³-hybridized carbons (Fsp3) is 0.294. The Morgan fingerprint density at radius 3 is 2.29 bits per heavy atom. The SMILES string of the molecule is CNC(C)c1ccc(Oc2cc(C)c(Cl)c(C)c2)c(Br)c1. The fourth-order valence-corrected chi connectivity index (χ4v) is 2.71. The second-order valence-corrected chi connectivity index (χ2v) is 6.41. The number of benzene rings is 2. The standard InChI is InChI=1S/C17H19BrClNO/c1-10-7-14(8-11(2)17(10)19)21-16-6-5-13(9-15(16)18)12(3)20-4/h5-9,12,20H,1-4H3. The van der Waals surface area contributed by atoms with Gasteiger partial charge < -0.3 is 10.1 Å². The second kappa shape index (κ2) is 6.82. The maximum Gasteiger partial charge on any atom is 0.141 e. The Labute approximate surface area is 139 Å². The first kappa shape index (κ1) is 16.3. The molecule has 0 saturated carbocycles. The van der Waals surface area contributed by atoms with Crippen LogP contribution in [-0.2, 0) is 0 Å². The molecule has 1 unspecified atom stereocenters. The summed E-state index contributed by atoms with van der Waals surface area (Å²) in [6.45, 7) is 6.08. The lowest BCUT2D eigenvalue weighted by Gasteiger charge is -2.14. The molecular weight excluding hydrogens is 350 g/mol. The highest BCUT2D eigenvalue weighted by Crippen LogP contribution is 2.34. The number of nitrogens with one attached hydrogen (secondary N) is 1. The number of halogens is 2. The highest BCUT2D eigenvalue weighted by Gasteiger charge is 2.09. The zero-order chi connectivity index (χ0) is 15.6. The minimum atomic E-state index is 0.301. The zero-order valence-corrected chi connectivity index (χ0v) is 15.0.